The van der Waals surface area contributed by atoms with Crippen LogP contribution in [0.2, 0.25) is 0 Å². The minimum Gasteiger partial charge on any atom is -0.340 e. The molecule has 7 nitrogen and oxygen atoms in total. The van der Waals surface area contributed by atoms with E-state index in [9.17, 15) is 9.59 Å². The van der Waals surface area contributed by atoms with Crippen molar-refractivity contribution in [1.82, 2.24) is 24.3 Å². The predicted octanol–water partition coefficient (Wildman–Crippen LogP) is 1.01. The Hall–Kier alpha value is -2.19. The first-order valence-corrected chi connectivity index (χ1v) is 10.2. The van der Waals surface area contributed by atoms with Gasteiger partial charge in [-0.2, -0.15) is 0 Å². The summed E-state index contributed by atoms with van der Waals surface area (Å²) in [7, 11) is 0. The highest BCUT2D eigenvalue weighted by Crippen LogP contribution is 2.26. The van der Waals surface area contributed by atoms with Gasteiger partial charge in [0.2, 0.25) is 5.91 Å². The van der Waals surface area contributed by atoms with Gasteiger partial charge in [0, 0.05) is 63.0 Å². The van der Waals surface area contributed by atoms with Crippen molar-refractivity contribution in [2.45, 2.75) is 25.2 Å². The summed E-state index contributed by atoms with van der Waals surface area (Å²) in [6.07, 6.45) is 3.43. The van der Waals surface area contributed by atoms with Crippen molar-refractivity contribution in [3.8, 4) is 0 Å². The molecular weight excluding hydrogens is 362 g/mol. The highest BCUT2D eigenvalue weighted by molar-refractivity contribution is 7.99. The van der Waals surface area contributed by atoms with E-state index >= 15 is 0 Å². The average Bonchev–Trinajstić information content (AvgIpc) is 2.71. The van der Waals surface area contributed by atoms with E-state index in [0.29, 0.717) is 17.9 Å². The van der Waals surface area contributed by atoms with Crippen molar-refractivity contribution in [3.63, 3.8) is 0 Å². The van der Waals surface area contributed by atoms with Crippen molar-refractivity contribution in [3.05, 3.63) is 52.2 Å². The topological polar surface area (TPSA) is 71.3 Å². The average molecular weight is 385 g/mol. The molecule has 0 radical (unpaired) electrons. The van der Waals surface area contributed by atoms with E-state index in [1.165, 1.54) is 11.8 Å². The molecule has 0 saturated carbocycles. The summed E-state index contributed by atoms with van der Waals surface area (Å²) in [6.45, 7) is 6.15. The lowest BCUT2D eigenvalue weighted by molar-refractivity contribution is -0.137. The molecular formula is C19H23N5O2S. The zero-order valence-corrected chi connectivity index (χ0v) is 16.2. The Morgan fingerprint density at radius 2 is 2.04 bits per heavy atom. The molecule has 0 N–H and O–H groups in total. The van der Waals surface area contributed by atoms with E-state index < -0.39 is 0 Å². The van der Waals surface area contributed by atoms with Crippen LogP contribution in [0.25, 0.3) is 0 Å². The van der Waals surface area contributed by atoms with E-state index in [1.54, 1.807) is 17.7 Å². The van der Waals surface area contributed by atoms with Gasteiger partial charge in [0.05, 0.1) is 11.6 Å². The Morgan fingerprint density at radius 3 is 2.78 bits per heavy atom. The first-order chi connectivity index (χ1) is 13.1. The summed E-state index contributed by atoms with van der Waals surface area (Å²) in [5, 5.41) is 0.717. The molecule has 1 amide bonds. The molecule has 4 heterocycles. The second-order valence-electron chi connectivity index (χ2n) is 7.07. The predicted molar refractivity (Wildman–Crippen MR) is 104 cm³/mol. The first-order valence-electron chi connectivity index (χ1n) is 9.22. The van der Waals surface area contributed by atoms with E-state index in [2.05, 4.69) is 14.9 Å². The fourth-order valence-electron chi connectivity index (χ4n) is 3.56. The Bertz CT molecular complexity index is 877. The van der Waals surface area contributed by atoms with Crippen LogP contribution >= 0.6 is 11.8 Å². The number of pyridine rings is 1. The minimum atomic E-state index is -0.161. The van der Waals surface area contributed by atoms with Crippen molar-refractivity contribution in [1.29, 1.82) is 0 Å². The van der Waals surface area contributed by atoms with Crippen LogP contribution in [0.3, 0.4) is 0 Å². The van der Waals surface area contributed by atoms with E-state index in [0.717, 1.165) is 43.6 Å². The molecule has 2 aromatic heterocycles. The van der Waals surface area contributed by atoms with Crippen LogP contribution in [0.1, 0.15) is 11.3 Å². The maximum atomic E-state index is 13.0. The van der Waals surface area contributed by atoms with Crippen molar-refractivity contribution < 1.29 is 4.79 Å². The van der Waals surface area contributed by atoms with Gasteiger partial charge in [0.15, 0.2) is 5.16 Å². The number of aromatic nitrogens is 3. The molecule has 142 valence electrons. The largest absolute Gasteiger partial charge is 0.340 e. The number of amides is 1. The number of rotatable bonds is 3. The van der Waals surface area contributed by atoms with Gasteiger partial charge < -0.3 is 4.90 Å². The number of piperazine rings is 1. The second-order valence-corrected chi connectivity index (χ2v) is 8.06. The summed E-state index contributed by atoms with van der Waals surface area (Å²) in [4.78, 5) is 38.3. The lowest BCUT2D eigenvalue weighted by Crippen LogP contribution is -2.51. The lowest BCUT2D eigenvalue weighted by Gasteiger charge is -2.37. The Morgan fingerprint density at radius 1 is 1.22 bits per heavy atom. The molecule has 4 rings (SSSR count). The third-order valence-electron chi connectivity index (χ3n) is 5.14. The number of hydrogen-bond donors (Lipinski definition) is 0. The minimum absolute atomic E-state index is 0.0369. The Balaban J connectivity index is 1.36. The van der Waals surface area contributed by atoms with Gasteiger partial charge in [-0.15, -0.1) is 0 Å². The Kier molecular flexibility index (Phi) is 5.27. The molecule has 8 heteroatoms. The van der Waals surface area contributed by atoms with Gasteiger partial charge in [-0.3, -0.25) is 24.0 Å². The molecule has 0 aromatic carbocycles. The zero-order valence-electron chi connectivity index (χ0n) is 15.4. The number of carbonyl (C=O) groups is 1. The van der Waals surface area contributed by atoms with Crippen LogP contribution in [0, 0.1) is 12.8 Å². The molecule has 0 aliphatic carbocycles. The molecule has 27 heavy (non-hydrogen) atoms. The number of thioether (sulfide) groups is 1. The van der Waals surface area contributed by atoms with Gasteiger partial charge in [-0.25, -0.2) is 4.98 Å². The third-order valence-corrected chi connectivity index (χ3v) is 6.30. The van der Waals surface area contributed by atoms with E-state index in [-0.39, 0.29) is 17.4 Å². The normalized spacial score (nSPS) is 20.3. The van der Waals surface area contributed by atoms with Gasteiger partial charge in [0.25, 0.3) is 5.56 Å². The fourth-order valence-corrected chi connectivity index (χ4v) is 4.59. The summed E-state index contributed by atoms with van der Waals surface area (Å²) in [6, 6.07) is 5.95. The van der Waals surface area contributed by atoms with Crippen LogP contribution in [0.4, 0.5) is 0 Å². The van der Waals surface area contributed by atoms with Gasteiger partial charge in [0.1, 0.15) is 0 Å². The Labute approximate surface area is 162 Å². The smallest absolute Gasteiger partial charge is 0.257 e. The van der Waals surface area contributed by atoms with E-state index in [1.807, 2.05) is 29.3 Å². The molecule has 1 unspecified atom stereocenters. The molecule has 2 aliphatic heterocycles. The molecule has 0 bridgehead atoms. The monoisotopic (exact) mass is 385 g/mol. The number of carbonyl (C=O) groups excluding carboxylic acids is 1. The summed E-state index contributed by atoms with van der Waals surface area (Å²) in [5.41, 5.74) is 1.64. The van der Waals surface area contributed by atoms with Gasteiger partial charge in [-0.05, 0) is 19.1 Å². The van der Waals surface area contributed by atoms with Crippen molar-refractivity contribution in [2.24, 2.45) is 5.92 Å². The molecule has 0 spiro atoms. The van der Waals surface area contributed by atoms with Crippen molar-refractivity contribution in [2.75, 3.05) is 31.9 Å². The van der Waals surface area contributed by atoms with Gasteiger partial charge >= 0.3 is 0 Å². The maximum absolute atomic E-state index is 13.0. The molecule has 1 atom stereocenters. The summed E-state index contributed by atoms with van der Waals surface area (Å²) >= 11 is 1.50. The molecule has 1 saturated heterocycles. The van der Waals surface area contributed by atoms with Crippen LogP contribution in [0.5, 0.6) is 0 Å². The quantitative estimate of drug-likeness (QED) is 0.735. The zero-order chi connectivity index (χ0) is 18.8. The van der Waals surface area contributed by atoms with Crippen LogP contribution < -0.4 is 5.56 Å². The summed E-state index contributed by atoms with van der Waals surface area (Å²) in [5.74, 6) is 0.674. The number of fused-ring (bicyclic) bond motifs is 1. The number of aryl methyl sites for hydroxylation is 1. The fraction of sp³-hybridized carbons (Fsp3) is 0.474. The highest BCUT2D eigenvalue weighted by atomic mass is 32.2. The number of hydrogen-bond acceptors (Lipinski definition) is 6. The molecule has 2 aromatic rings. The van der Waals surface area contributed by atoms with E-state index in [4.69, 9.17) is 0 Å². The number of nitrogens with zero attached hydrogens (tertiary/aromatic N) is 5. The van der Waals surface area contributed by atoms with Crippen LogP contribution in [-0.4, -0.2) is 62.2 Å². The third kappa shape index (κ3) is 3.91. The van der Waals surface area contributed by atoms with Crippen LogP contribution in [-0.2, 0) is 17.9 Å². The second kappa shape index (κ2) is 7.82. The van der Waals surface area contributed by atoms with Crippen LogP contribution in [0.15, 0.2) is 40.5 Å². The highest BCUT2D eigenvalue weighted by Gasteiger charge is 2.31. The molecule has 2 aliphatic rings. The first kappa shape index (κ1) is 18.2. The lowest BCUT2D eigenvalue weighted by atomic mass is 10.1. The maximum Gasteiger partial charge on any atom is 0.257 e. The summed E-state index contributed by atoms with van der Waals surface area (Å²) < 4.78 is 1.66. The van der Waals surface area contributed by atoms with Gasteiger partial charge in [-0.1, -0.05) is 17.8 Å². The standard InChI is InChI=1S/C19H23N5O2S/c1-14-10-21-19-24(17(14)25)11-15(13-27-19)18(26)23-8-6-22(7-9-23)12-16-4-2-3-5-20-16/h2-5,10,15H,6-9,11-13H2,1H3. The molecule has 1 fully saturated rings. The van der Waals surface area contributed by atoms with Crippen molar-refractivity contribution >= 4 is 17.7 Å². The SMILES string of the molecule is Cc1cnc2n(c1=O)CC(C(=O)N1CCN(Cc3ccccn3)CC1)CS2.